The molecular formula is C38H64O15. The molecule has 0 saturated carbocycles. The third-order valence-electron chi connectivity index (χ3n) is 7.01. The number of esters is 2. The summed E-state index contributed by atoms with van der Waals surface area (Å²) in [6.07, 6.45) is 6.03. The van der Waals surface area contributed by atoms with Crippen LogP contribution in [0, 0.1) is 0 Å². The molecule has 0 amide bonds. The second-order valence-corrected chi connectivity index (χ2v) is 11.3. The van der Waals surface area contributed by atoms with Gasteiger partial charge in [0, 0.05) is 12.0 Å². The highest BCUT2D eigenvalue weighted by molar-refractivity contribution is 6.40. The van der Waals surface area contributed by atoms with Crippen LogP contribution in [0.2, 0.25) is 0 Å². The fourth-order valence-corrected chi connectivity index (χ4v) is 4.21. The maximum absolute atomic E-state index is 11.9. The van der Waals surface area contributed by atoms with Gasteiger partial charge in [-0.05, 0) is 6.42 Å². The van der Waals surface area contributed by atoms with E-state index in [0.717, 1.165) is 12.8 Å². The molecule has 0 aliphatic rings. The summed E-state index contributed by atoms with van der Waals surface area (Å²) in [4.78, 5) is 35.3. The lowest BCUT2D eigenvalue weighted by Gasteiger charge is -2.09. The van der Waals surface area contributed by atoms with Crippen molar-refractivity contribution in [3.05, 3.63) is 35.9 Å². The maximum atomic E-state index is 11.9. The van der Waals surface area contributed by atoms with E-state index >= 15 is 0 Å². The lowest BCUT2D eigenvalue weighted by Crippen LogP contribution is -2.20. The Balaban J connectivity index is 1.66. The Kier molecular flexibility index (Phi) is 35.8. The lowest BCUT2D eigenvalue weighted by atomic mass is 10.1. The van der Waals surface area contributed by atoms with Crippen LogP contribution in [0.1, 0.15) is 55.8 Å². The average molecular weight is 761 g/mol. The van der Waals surface area contributed by atoms with E-state index in [1.807, 2.05) is 0 Å². The summed E-state index contributed by atoms with van der Waals surface area (Å²) in [7, 11) is 0. The first-order chi connectivity index (χ1) is 26.1. The van der Waals surface area contributed by atoms with Gasteiger partial charge in [0.05, 0.1) is 132 Å². The molecule has 0 aliphatic carbocycles. The van der Waals surface area contributed by atoms with E-state index in [4.69, 9.17) is 56.8 Å². The number of hydrogen-bond acceptors (Lipinski definition) is 15. The van der Waals surface area contributed by atoms with Crippen molar-refractivity contribution in [3.63, 3.8) is 0 Å². The molecule has 306 valence electrons. The van der Waals surface area contributed by atoms with Crippen LogP contribution >= 0.6 is 0 Å². The van der Waals surface area contributed by atoms with Gasteiger partial charge in [-0.2, -0.15) is 0 Å². The summed E-state index contributed by atoms with van der Waals surface area (Å²) in [6, 6.07) is 8.25. The summed E-state index contributed by atoms with van der Waals surface area (Å²) in [5, 5.41) is 0. The summed E-state index contributed by atoms with van der Waals surface area (Å²) < 4.78 is 64.5. The predicted molar refractivity (Wildman–Crippen MR) is 194 cm³/mol. The molecule has 15 heteroatoms. The van der Waals surface area contributed by atoms with Crippen molar-refractivity contribution >= 4 is 17.7 Å². The minimum Gasteiger partial charge on any atom is -0.463 e. The minimum absolute atomic E-state index is 0.00651. The number of Topliss-reactive ketones (excluding diaryl/α,β-unsaturated/α-hetero) is 1. The monoisotopic (exact) mass is 760 g/mol. The number of hydrogen-bond donors (Lipinski definition) is 0. The first kappa shape index (κ1) is 48.4. The van der Waals surface area contributed by atoms with Crippen molar-refractivity contribution in [2.45, 2.75) is 45.4 Å². The molecule has 0 saturated heterocycles. The number of carbonyl (C=O) groups excluding carboxylic acids is 3. The Morgan fingerprint density at radius 3 is 1.08 bits per heavy atom. The summed E-state index contributed by atoms with van der Waals surface area (Å²) in [5.41, 5.74) is 0.293. The SMILES string of the molecule is CCCCCCCC(=O)OCCOCCOCCOCCOCCOCCOCCOCCOCCOCCOCCOC(=O)C(=O)c1ccccc1. The number of rotatable bonds is 41. The molecule has 0 aliphatic heterocycles. The van der Waals surface area contributed by atoms with Crippen LogP contribution in [-0.4, -0.2) is 163 Å². The third kappa shape index (κ3) is 33.7. The summed E-state index contributed by atoms with van der Waals surface area (Å²) in [5.74, 6) is -1.73. The fraction of sp³-hybridized carbons (Fsp3) is 0.763. The molecule has 0 heterocycles. The smallest absolute Gasteiger partial charge is 0.379 e. The molecule has 0 N–H and O–H groups in total. The van der Waals surface area contributed by atoms with Crippen LogP contribution < -0.4 is 0 Å². The Morgan fingerprint density at radius 2 is 0.717 bits per heavy atom. The van der Waals surface area contributed by atoms with Crippen LogP contribution in [-0.2, 0) is 66.4 Å². The topological polar surface area (TPSA) is 162 Å². The first-order valence-corrected chi connectivity index (χ1v) is 18.8. The second kappa shape index (κ2) is 39.1. The number of ketones is 1. The Labute approximate surface area is 315 Å². The number of carbonyl (C=O) groups is 3. The second-order valence-electron chi connectivity index (χ2n) is 11.3. The van der Waals surface area contributed by atoms with Crippen molar-refractivity contribution in [3.8, 4) is 0 Å². The molecule has 1 aromatic carbocycles. The van der Waals surface area contributed by atoms with Crippen molar-refractivity contribution in [2.24, 2.45) is 0 Å². The van der Waals surface area contributed by atoms with Gasteiger partial charge in [0.15, 0.2) is 0 Å². The van der Waals surface area contributed by atoms with Crippen LogP contribution in [0.25, 0.3) is 0 Å². The number of unbranched alkanes of at least 4 members (excludes halogenated alkanes) is 4. The largest absolute Gasteiger partial charge is 0.463 e. The normalized spacial score (nSPS) is 11.2. The first-order valence-electron chi connectivity index (χ1n) is 18.8. The van der Waals surface area contributed by atoms with Crippen molar-refractivity contribution in [2.75, 3.05) is 145 Å². The number of ether oxygens (including phenoxy) is 12. The molecule has 15 nitrogen and oxygen atoms in total. The van der Waals surface area contributed by atoms with Gasteiger partial charge < -0.3 is 56.8 Å². The van der Waals surface area contributed by atoms with Crippen LogP contribution in [0.15, 0.2) is 30.3 Å². The molecule has 0 unspecified atom stereocenters. The van der Waals surface area contributed by atoms with Crippen molar-refractivity contribution < 1.29 is 71.2 Å². The van der Waals surface area contributed by atoms with E-state index in [9.17, 15) is 14.4 Å². The molecule has 0 spiro atoms. The summed E-state index contributed by atoms with van der Waals surface area (Å²) in [6.45, 7) is 11.1. The van der Waals surface area contributed by atoms with Gasteiger partial charge in [-0.15, -0.1) is 0 Å². The summed E-state index contributed by atoms with van der Waals surface area (Å²) >= 11 is 0. The minimum atomic E-state index is -0.900. The quantitative estimate of drug-likeness (QED) is 0.0413. The van der Waals surface area contributed by atoms with Gasteiger partial charge in [0.1, 0.15) is 13.2 Å². The molecule has 0 radical (unpaired) electrons. The highest BCUT2D eigenvalue weighted by Crippen LogP contribution is 2.05. The highest BCUT2D eigenvalue weighted by atomic mass is 16.6. The molecular weight excluding hydrogens is 696 g/mol. The fourth-order valence-electron chi connectivity index (χ4n) is 4.21. The van der Waals surface area contributed by atoms with Crippen molar-refractivity contribution in [1.29, 1.82) is 0 Å². The van der Waals surface area contributed by atoms with Gasteiger partial charge >= 0.3 is 11.9 Å². The van der Waals surface area contributed by atoms with E-state index in [1.54, 1.807) is 30.3 Å². The zero-order chi connectivity index (χ0) is 38.1. The Bertz CT molecular complexity index is 966. The van der Waals surface area contributed by atoms with Gasteiger partial charge in [-0.25, -0.2) is 4.79 Å². The average Bonchev–Trinajstić information content (AvgIpc) is 3.17. The highest BCUT2D eigenvalue weighted by Gasteiger charge is 2.17. The Morgan fingerprint density at radius 1 is 0.396 bits per heavy atom. The molecule has 0 fully saturated rings. The van der Waals surface area contributed by atoms with E-state index in [0.29, 0.717) is 138 Å². The zero-order valence-corrected chi connectivity index (χ0v) is 31.8. The maximum Gasteiger partial charge on any atom is 0.379 e. The standard InChI is InChI=1S/C38H64O15/c1-2-3-4-5-9-12-36(39)52-33-31-50-29-27-48-25-23-46-21-19-44-17-15-42-13-14-43-16-18-45-20-22-47-24-26-49-28-30-51-32-34-53-38(41)37(40)35-10-7-6-8-11-35/h6-8,10-11H,2-5,9,12-34H2,1H3. The molecule has 0 aromatic heterocycles. The van der Waals surface area contributed by atoms with E-state index < -0.39 is 11.8 Å². The Hall–Kier alpha value is -2.57. The van der Waals surface area contributed by atoms with Crippen molar-refractivity contribution in [1.82, 2.24) is 0 Å². The van der Waals surface area contributed by atoms with E-state index in [1.165, 1.54) is 19.3 Å². The van der Waals surface area contributed by atoms with Gasteiger partial charge in [0.2, 0.25) is 0 Å². The molecule has 1 rings (SSSR count). The third-order valence-corrected chi connectivity index (χ3v) is 7.01. The lowest BCUT2D eigenvalue weighted by molar-refractivity contribution is -0.145. The number of benzene rings is 1. The van der Waals surface area contributed by atoms with Crippen LogP contribution in [0.3, 0.4) is 0 Å². The van der Waals surface area contributed by atoms with Gasteiger partial charge in [0.25, 0.3) is 5.78 Å². The van der Waals surface area contributed by atoms with E-state index in [2.05, 4.69) is 6.92 Å². The molecule has 0 bridgehead atoms. The molecule has 1 aromatic rings. The zero-order valence-electron chi connectivity index (χ0n) is 31.8. The van der Waals surface area contributed by atoms with Gasteiger partial charge in [-0.3, -0.25) is 9.59 Å². The molecule has 0 atom stereocenters. The van der Waals surface area contributed by atoms with Crippen LogP contribution in [0.4, 0.5) is 0 Å². The van der Waals surface area contributed by atoms with Gasteiger partial charge in [-0.1, -0.05) is 62.9 Å². The van der Waals surface area contributed by atoms with E-state index in [-0.39, 0.29) is 25.8 Å². The predicted octanol–water partition coefficient (Wildman–Crippen LogP) is 3.48. The van der Waals surface area contributed by atoms with Crippen LogP contribution in [0.5, 0.6) is 0 Å². The molecule has 53 heavy (non-hydrogen) atoms.